The second-order valence-electron chi connectivity index (χ2n) is 3.25. The number of nitrogens with one attached hydrogen (secondary N) is 1. The van der Waals surface area contributed by atoms with Crippen LogP contribution in [0.2, 0.25) is 0 Å². The molecule has 0 spiro atoms. The Labute approximate surface area is 86.8 Å². The number of nitrogen functional groups attached to an aromatic ring is 1. The average molecular weight is 216 g/mol. The van der Waals surface area contributed by atoms with E-state index in [2.05, 4.69) is 24.0 Å². The number of nitrogens with zero attached hydrogens (tertiary/aromatic N) is 2. The van der Waals surface area contributed by atoms with E-state index in [0.29, 0.717) is 15.3 Å². The molecule has 6 heteroatoms. The molecule has 1 aromatic heterocycles. The quantitative estimate of drug-likeness (QED) is 0.582. The van der Waals surface area contributed by atoms with E-state index in [-0.39, 0.29) is 0 Å². The molecule has 0 aromatic carbocycles. The zero-order chi connectivity index (χ0) is 10.0. The van der Waals surface area contributed by atoms with Gasteiger partial charge in [-0.15, -0.1) is 0 Å². The van der Waals surface area contributed by atoms with Gasteiger partial charge >= 0.3 is 0 Å². The van der Waals surface area contributed by atoms with Gasteiger partial charge in [0.25, 0.3) is 0 Å². The molecule has 0 aliphatic heterocycles. The van der Waals surface area contributed by atoms with Gasteiger partial charge in [-0.2, -0.15) is 5.10 Å². The molecular formula is C7H12N4S2. The largest absolute Gasteiger partial charge is 0.336 e. The molecule has 0 bridgehead atoms. The highest BCUT2D eigenvalue weighted by Gasteiger charge is 2.03. The summed E-state index contributed by atoms with van der Waals surface area (Å²) in [5.74, 6) is 6.09. The van der Waals surface area contributed by atoms with Gasteiger partial charge in [-0.1, -0.05) is 26.1 Å². The van der Waals surface area contributed by atoms with Crippen LogP contribution in [0.3, 0.4) is 0 Å². The van der Waals surface area contributed by atoms with Crippen LogP contribution in [0.1, 0.15) is 19.5 Å². The summed E-state index contributed by atoms with van der Waals surface area (Å²) in [4.78, 5) is 0. The molecule has 4 nitrogen and oxygen atoms in total. The molecule has 0 unspecified atom stereocenters. The number of H-pyrrole nitrogens is 1. The van der Waals surface area contributed by atoms with Gasteiger partial charge in [0, 0.05) is 0 Å². The number of aromatic amines is 1. The second kappa shape index (κ2) is 3.97. The maximum absolute atomic E-state index is 5.60. The van der Waals surface area contributed by atoms with Crippen molar-refractivity contribution in [1.82, 2.24) is 14.9 Å². The smallest absolute Gasteiger partial charge is 0.213 e. The van der Waals surface area contributed by atoms with Gasteiger partial charge in [0.15, 0.2) is 4.64 Å². The SMILES string of the molecule is CC(C)Cc1n[nH]c(=S)n(N)c1=S. The van der Waals surface area contributed by atoms with Crippen molar-refractivity contribution in [2.75, 3.05) is 5.84 Å². The van der Waals surface area contributed by atoms with Crippen molar-refractivity contribution < 1.29 is 0 Å². The number of aromatic nitrogens is 3. The molecular weight excluding hydrogens is 204 g/mol. The van der Waals surface area contributed by atoms with E-state index in [1.54, 1.807) is 0 Å². The Morgan fingerprint density at radius 3 is 2.69 bits per heavy atom. The van der Waals surface area contributed by atoms with Crippen molar-refractivity contribution in [3.63, 3.8) is 0 Å². The molecule has 3 N–H and O–H groups in total. The Hall–Kier alpha value is -0.750. The highest BCUT2D eigenvalue weighted by molar-refractivity contribution is 7.72. The lowest BCUT2D eigenvalue weighted by Crippen LogP contribution is -2.17. The molecule has 0 aliphatic rings. The molecule has 1 heterocycles. The first-order chi connectivity index (χ1) is 6.02. The maximum atomic E-state index is 5.60. The van der Waals surface area contributed by atoms with Crippen molar-refractivity contribution in [2.24, 2.45) is 5.92 Å². The third-order valence-electron chi connectivity index (χ3n) is 1.57. The summed E-state index contributed by atoms with van der Waals surface area (Å²) in [5, 5.41) is 6.70. The monoisotopic (exact) mass is 216 g/mol. The highest BCUT2D eigenvalue weighted by atomic mass is 32.1. The van der Waals surface area contributed by atoms with Gasteiger partial charge in [-0.3, -0.25) is 5.10 Å². The van der Waals surface area contributed by atoms with Gasteiger partial charge in [-0.05, 0) is 24.6 Å². The molecule has 0 radical (unpaired) electrons. The van der Waals surface area contributed by atoms with Crippen molar-refractivity contribution in [3.05, 3.63) is 15.1 Å². The third-order valence-corrected chi connectivity index (χ3v) is 2.29. The summed E-state index contributed by atoms with van der Waals surface area (Å²) < 4.78 is 2.13. The lowest BCUT2D eigenvalue weighted by Gasteiger charge is -2.06. The number of hydrogen-bond donors (Lipinski definition) is 2. The molecule has 0 fully saturated rings. The summed E-state index contributed by atoms with van der Waals surface area (Å²) in [6.07, 6.45) is 0.808. The number of hydrogen-bond acceptors (Lipinski definition) is 4. The average Bonchev–Trinajstić information content (AvgIpc) is 2.06. The first-order valence-electron chi connectivity index (χ1n) is 3.98. The zero-order valence-corrected chi connectivity index (χ0v) is 9.21. The van der Waals surface area contributed by atoms with Crippen molar-refractivity contribution in [1.29, 1.82) is 0 Å². The van der Waals surface area contributed by atoms with Gasteiger partial charge in [-0.25, -0.2) is 4.68 Å². The van der Waals surface area contributed by atoms with Gasteiger partial charge in [0.2, 0.25) is 4.77 Å². The molecule has 13 heavy (non-hydrogen) atoms. The van der Waals surface area contributed by atoms with Gasteiger partial charge < -0.3 is 5.84 Å². The van der Waals surface area contributed by atoms with Crippen LogP contribution in [-0.2, 0) is 6.42 Å². The summed E-state index contributed by atoms with van der Waals surface area (Å²) in [6.45, 7) is 4.19. The molecule has 0 aliphatic carbocycles. The van der Waals surface area contributed by atoms with Gasteiger partial charge in [0.1, 0.15) is 0 Å². The van der Waals surface area contributed by atoms with E-state index in [1.807, 2.05) is 0 Å². The summed E-state index contributed by atoms with van der Waals surface area (Å²) in [7, 11) is 0. The van der Waals surface area contributed by atoms with E-state index in [0.717, 1.165) is 12.1 Å². The Morgan fingerprint density at radius 2 is 2.15 bits per heavy atom. The van der Waals surface area contributed by atoms with Crippen molar-refractivity contribution in [3.8, 4) is 0 Å². The Morgan fingerprint density at radius 1 is 1.54 bits per heavy atom. The zero-order valence-electron chi connectivity index (χ0n) is 7.57. The van der Waals surface area contributed by atoms with E-state index in [4.69, 9.17) is 30.3 Å². The summed E-state index contributed by atoms with van der Waals surface area (Å²) >= 11 is 9.96. The lowest BCUT2D eigenvalue weighted by molar-refractivity contribution is 0.613. The van der Waals surface area contributed by atoms with Crippen LogP contribution in [0.25, 0.3) is 0 Å². The molecule has 1 rings (SSSR count). The van der Waals surface area contributed by atoms with Crippen molar-refractivity contribution >= 4 is 24.4 Å². The fourth-order valence-electron chi connectivity index (χ4n) is 0.968. The first kappa shape index (κ1) is 10.3. The van der Waals surface area contributed by atoms with Crippen LogP contribution < -0.4 is 5.84 Å². The van der Waals surface area contributed by atoms with E-state index in [9.17, 15) is 0 Å². The predicted octanol–water partition coefficient (Wildman–Crippen LogP) is 1.58. The van der Waals surface area contributed by atoms with Crippen LogP contribution in [0, 0.1) is 15.3 Å². The van der Waals surface area contributed by atoms with Gasteiger partial charge in [0.05, 0.1) is 5.69 Å². The van der Waals surface area contributed by atoms with E-state index >= 15 is 0 Å². The van der Waals surface area contributed by atoms with E-state index < -0.39 is 0 Å². The van der Waals surface area contributed by atoms with Crippen LogP contribution in [-0.4, -0.2) is 14.9 Å². The minimum Gasteiger partial charge on any atom is -0.336 e. The Bertz CT molecular complexity index is 404. The number of nitrogens with two attached hydrogens (primary N) is 1. The summed E-state index contributed by atoms with van der Waals surface area (Å²) in [6, 6.07) is 0. The van der Waals surface area contributed by atoms with Crippen LogP contribution in [0.4, 0.5) is 0 Å². The molecule has 0 saturated heterocycles. The first-order valence-corrected chi connectivity index (χ1v) is 4.79. The third kappa shape index (κ3) is 2.35. The predicted molar refractivity (Wildman–Crippen MR) is 56.9 cm³/mol. The summed E-state index contributed by atoms with van der Waals surface area (Å²) in [5.41, 5.74) is 0.793. The number of rotatable bonds is 2. The normalized spacial score (nSPS) is 10.7. The molecule has 0 amide bonds. The Kier molecular flexibility index (Phi) is 3.16. The highest BCUT2D eigenvalue weighted by Crippen LogP contribution is 2.04. The van der Waals surface area contributed by atoms with Crippen molar-refractivity contribution in [2.45, 2.75) is 20.3 Å². The standard InChI is InChI=1S/C7H12N4S2/c1-4(2)3-5-6(12)11(8)7(13)10-9-5/h4H,3,8H2,1-2H3,(H,10,13). The fourth-order valence-corrected chi connectivity index (χ4v) is 1.38. The minimum atomic E-state index is 0.345. The van der Waals surface area contributed by atoms with Crippen LogP contribution in [0.5, 0.6) is 0 Å². The Balaban J connectivity index is 3.19. The molecule has 0 atom stereocenters. The van der Waals surface area contributed by atoms with Crippen LogP contribution >= 0.6 is 24.4 Å². The van der Waals surface area contributed by atoms with E-state index in [1.165, 1.54) is 4.68 Å². The molecule has 0 saturated carbocycles. The maximum Gasteiger partial charge on any atom is 0.213 e. The second-order valence-corrected chi connectivity index (χ2v) is 4.02. The molecule has 1 aromatic rings. The minimum absolute atomic E-state index is 0.345. The lowest BCUT2D eigenvalue weighted by atomic mass is 10.1. The topological polar surface area (TPSA) is 59.6 Å². The fraction of sp³-hybridized carbons (Fsp3) is 0.571. The molecule has 72 valence electrons. The van der Waals surface area contributed by atoms with Crippen LogP contribution in [0.15, 0.2) is 0 Å².